The van der Waals surface area contributed by atoms with Crippen LogP contribution in [0.4, 0.5) is 5.69 Å². The van der Waals surface area contributed by atoms with E-state index in [-0.39, 0.29) is 17.3 Å². The molecule has 0 bridgehead atoms. The van der Waals surface area contributed by atoms with Crippen molar-refractivity contribution in [3.8, 4) is 10.7 Å². The molecule has 0 atom stereocenters. The summed E-state index contributed by atoms with van der Waals surface area (Å²) in [6.07, 6.45) is 2.85. The molecular formula is C21H22N4O3S3. The van der Waals surface area contributed by atoms with Gasteiger partial charge in [0.2, 0.25) is 10.0 Å². The van der Waals surface area contributed by atoms with Crippen LogP contribution in [0, 0.1) is 0 Å². The number of sulfonamides is 1. The maximum absolute atomic E-state index is 12.9. The van der Waals surface area contributed by atoms with Crippen LogP contribution in [-0.4, -0.2) is 47.0 Å². The predicted molar refractivity (Wildman–Crippen MR) is 124 cm³/mol. The Morgan fingerprint density at radius 2 is 2.10 bits per heavy atom. The lowest BCUT2D eigenvalue weighted by Crippen LogP contribution is -2.30. The highest BCUT2D eigenvalue weighted by Gasteiger charge is 2.31. The number of ketones is 1. The van der Waals surface area contributed by atoms with E-state index in [9.17, 15) is 13.2 Å². The molecule has 1 fully saturated rings. The summed E-state index contributed by atoms with van der Waals surface area (Å²) in [6.45, 7) is 2.08. The topological polar surface area (TPSA) is 85.2 Å². The minimum absolute atomic E-state index is 0.00705. The van der Waals surface area contributed by atoms with Gasteiger partial charge in [0.05, 0.1) is 22.1 Å². The van der Waals surface area contributed by atoms with E-state index < -0.39 is 10.0 Å². The third kappa shape index (κ3) is 3.92. The van der Waals surface area contributed by atoms with Crippen LogP contribution in [0.2, 0.25) is 0 Å². The Labute approximate surface area is 189 Å². The monoisotopic (exact) mass is 474 g/mol. The third-order valence-electron chi connectivity index (χ3n) is 5.61. The molecule has 0 saturated heterocycles. The smallest absolute Gasteiger partial charge is 0.234 e. The summed E-state index contributed by atoms with van der Waals surface area (Å²) in [7, 11) is -3.29. The third-order valence-corrected chi connectivity index (χ3v) is 9.19. The zero-order chi connectivity index (χ0) is 21.6. The average molecular weight is 475 g/mol. The van der Waals surface area contributed by atoms with Crippen LogP contribution >= 0.6 is 23.1 Å². The molecule has 1 aliphatic heterocycles. The van der Waals surface area contributed by atoms with E-state index in [1.807, 2.05) is 23.6 Å². The van der Waals surface area contributed by atoms with Crippen molar-refractivity contribution >= 4 is 44.6 Å². The molecule has 7 nitrogen and oxygen atoms in total. The lowest BCUT2D eigenvalue weighted by Gasteiger charge is -2.18. The predicted octanol–water partition coefficient (Wildman–Crippen LogP) is 4.03. The molecule has 0 unspecified atom stereocenters. The molecule has 0 N–H and O–H groups in total. The molecule has 0 radical (unpaired) electrons. The first-order chi connectivity index (χ1) is 15.0. The zero-order valence-corrected chi connectivity index (χ0v) is 19.5. The van der Waals surface area contributed by atoms with Gasteiger partial charge in [-0.3, -0.25) is 13.7 Å². The highest BCUT2D eigenvalue weighted by atomic mass is 32.2. The number of hydrogen-bond acceptors (Lipinski definition) is 7. The number of anilines is 1. The second kappa shape index (κ2) is 8.07. The number of thioether (sulfide) groups is 1. The molecule has 2 aromatic heterocycles. The van der Waals surface area contributed by atoms with Gasteiger partial charge >= 0.3 is 0 Å². The first-order valence-electron chi connectivity index (χ1n) is 10.3. The molecule has 0 amide bonds. The van der Waals surface area contributed by atoms with Gasteiger partial charge in [-0.25, -0.2) is 8.42 Å². The average Bonchev–Trinajstić information content (AvgIpc) is 3.18. The lowest BCUT2D eigenvalue weighted by atomic mass is 10.1. The molecule has 2 aliphatic rings. The van der Waals surface area contributed by atoms with Gasteiger partial charge in [0, 0.05) is 18.2 Å². The summed E-state index contributed by atoms with van der Waals surface area (Å²) in [6, 6.07) is 9.79. The van der Waals surface area contributed by atoms with Crippen molar-refractivity contribution in [1.82, 2.24) is 14.8 Å². The second-order valence-corrected chi connectivity index (χ2v) is 11.7. The largest absolute Gasteiger partial charge is 0.298 e. The number of carbonyl (C=O) groups excluding carboxylic acids is 1. The van der Waals surface area contributed by atoms with Crippen molar-refractivity contribution in [3.05, 3.63) is 46.8 Å². The fourth-order valence-electron chi connectivity index (χ4n) is 3.81. The summed E-state index contributed by atoms with van der Waals surface area (Å²) in [5.74, 6) is 1.22. The molecule has 1 aliphatic carbocycles. The number of fused-ring (bicyclic) bond motifs is 1. The number of nitrogens with zero attached hydrogens (tertiary/aromatic N) is 4. The van der Waals surface area contributed by atoms with Crippen molar-refractivity contribution in [2.24, 2.45) is 0 Å². The Balaban J connectivity index is 1.32. The summed E-state index contributed by atoms with van der Waals surface area (Å²) in [5.41, 5.74) is 2.21. The SMILES string of the molecule is CCS(=O)(=O)N1CCc2cc(C(=O)CSc3nnc(-c4cccs4)n3C3CC3)ccc21. The summed E-state index contributed by atoms with van der Waals surface area (Å²) < 4.78 is 28.1. The Bertz CT molecular complexity index is 1230. The van der Waals surface area contributed by atoms with Crippen molar-refractivity contribution in [1.29, 1.82) is 0 Å². The first-order valence-corrected chi connectivity index (χ1v) is 13.7. The quantitative estimate of drug-likeness (QED) is 0.362. The normalized spacial score (nSPS) is 16.0. The molecule has 5 rings (SSSR count). The van der Waals surface area contributed by atoms with Crippen molar-refractivity contribution in [3.63, 3.8) is 0 Å². The number of thiophene rings is 1. The number of benzene rings is 1. The standard InChI is InChI=1S/C21H22N4O3S3/c1-2-31(27,28)24-10-9-14-12-15(5-8-17(14)24)18(26)13-30-21-23-22-20(19-4-3-11-29-19)25(21)16-6-7-16/h3-5,8,11-12,16H,2,6-7,9-10,13H2,1H3. The van der Waals surface area contributed by atoms with Crippen LogP contribution in [0.25, 0.3) is 10.7 Å². The number of hydrogen-bond donors (Lipinski definition) is 0. The number of Topliss-reactive ketones (excluding diaryl/α,β-unsaturated/α-hetero) is 1. The number of rotatable bonds is 8. The molecule has 3 aromatic rings. The van der Waals surface area contributed by atoms with Gasteiger partial charge in [-0.15, -0.1) is 21.5 Å². The molecule has 10 heteroatoms. The Morgan fingerprint density at radius 3 is 2.81 bits per heavy atom. The first kappa shape index (κ1) is 20.7. The van der Waals surface area contributed by atoms with Crippen LogP contribution in [0.3, 0.4) is 0 Å². The van der Waals surface area contributed by atoms with Crippen LogP contribution in [0.5, 0.6) is 0 Å². The molecule has 162 valence electrons. The molecule has 1 aromatic carbocycles. The fraction of sp³-hybridized carbons (Fsp3) is 0.381. The van der Waals surface area contributed by atoms with Gasteiger partial charge in [0.1, 0.15) is 0 Å². The maximum atomic E-state index is 12.9. The maximum Gasteiger partial charge on any atom is 0.234 e. The van der Waals surface area contributed by atoms with E-state index in [2.05, 4.69) is 14.8 Å². The van der Waals surface area contributed by atoms with Crippen LogP contribution in [0.15, 0.2) is 40.9 Å². The zero-order valence-electron chi connectivity index (χ0n) is 17.0. The number of carbonyl (C=O) groups is 1. The van der Waals surface area contributed by atoms with Crippen molar-refractivity contribution in [2.45, 2.75) is 37.4 Å². The molecular weight excluding hydrogens is 452 g/mol. The minimum Gasteiger partial charge on any atom is -0.298 e. The van der Waals surface area contributed by atoms with Gasteiger partial charge in [0.25, 0.3) is 0 Å². The number of aromatic nitrogens is 3. The van der Waals surface area contributed by atoms with Gasteiger partial charge in [-0.05, 0) is 61.4 Å². The Hall–Kier alpha value is -2.17. The molecule has 31 heavy (non-hydrogen) atoms. The van der Waals surface area contributed by atoms with E-state index in [4.69, 9.17) is 0 Å². The van der Waals surface area contributed by atoms with Gasteiger partial charge in [-0.2, -0.15) is 0 Å². The summed E-state index contributed by atoms with van der Waals surface area (Å²) in [4.78, 5) is 14.0. The molecule has 3 heterocycles. The fourth-order valence-corrected chi connectivity index (χ4v) is 6.58. The van der Waals surface area contributed by atoms with Crippen molar-refractivity contribution < 1.29 is 13.2 Å². The van der Waals surface area contributed by atoms with E-state index in [1.165, 1.54) is 16.1 Å². The molecule has 1 saturated carbocycles. The highest BCUT2D eigenvalue weighted by molar-refractivity contribution is 7.99. The lowest BCUT2D eigenvalue weighted by molar-refractivity contribution is 0.102. The van der Waals surface area contributed by atoms with Gasteiger partial charge < -0.3 is 0 Å². The highest BCUT2D eigenvalue weighted by Crippen LogP contribution is 2.42. The Kier molecular flexibility index (Phi) is 5.39. The van der Waals surface area contributed by atoms with Gasteiger partial charge in [0.15, 0.2) is 16.8 Å². The van der Waals surface area contributed by atoms with E-state index in [0.29, 0.717) is 30.3 Å². The summed E-state index contributed by atoms with van der Waals surface area (Å²) in [5, 5.41) is 11.6. The summed E-state index contributed by atoms with van der Waals surface area (Å²) >= 11 is 3.05. The van der Waals surface area contributed by atoms with Crippen molar-refractivity contribution in [2.75, 3.05) is 22.4 Å². The molecule has 0 spiro atoms. The van der Waals surface area contributed by atoms with E-state index >= 15 is 0 Å². The van der Waals surface area contributed by atoms with Crippen LogP contribution in [-0.2, 0) is 16.4 Å². The van der Waals surface area contributed by atoms with E-state index in [0.717, 1.165) is 34.3 Å². The second-order valence-electron chi connectivity index (χ2n) is 7.66. The van der Waals surface area contributed by atoms with Crippen LogP contribution in [0.1, 0.15) is 41.7 Å². The van der Waals surface area contributed by atoms with E-state index in [1.54, 1.807) is 30.4 Å². The van der Waals surface area contributed by atoms with Gasteiger partial charge in [-0.1, -0.05) is 17.8 Å². The minimum atomic E-state index is -3.29. The Morgan fingerprint density at radius 1 is 1.26 bits per heavy atom. The van der Waals surface area contributed by atoms with Crippen LogP contribution < -0.4 is 4.31 Å².